The van der Waals surface area contributed by atoms with Gasteiger partial charge in [-0.25, -0.2) is 4.99 Å². The lowest BCUT2D eigenvalue weighted by Crippen LogP contribution is -2.52. The number of allylic oxidation sites excluding steroid dienone is 2. The van der Waals surface area contributed by atoms with Crippen molar-refractivity contribution in [3.63, 3.8) is 0 Å². The van der Waals surface area contributed by atoms with Crippen molar-refractivity contribution < 1.29 is 9.47 Å². The summed E-state index contributed by atoms with van der Waals surface area (Å²) in [6, 6.07) is 0.661. The summed E-state index contributed by atoms with van der Waals surface area (Å²) < 4.78 is 11.8. The van der Waals surface area contributed by atoms with Gasteiger partial charge in [-0.3, -0.25) is 14.9 Å². The Morgan fingerprint density at radius 3 is 2.58 bits per heavy atom. The standard InChI is InChI=1S/C23H33N5O2S/c1-2-19(20-5-3-4-10-24-20)21-25-17-26-22(31-21)28-11-6-18(7-12-28)27-13-8-23(9-14-27)29-15-16-30-23/h3-4,10,18H,2,5-9,11-17H2,1H3/b20-19-. The lowest BCUT2D eigenvalue weighted by molar-refractivity contribution is -0.188. The summed E-state index contributed by atoms with van der Waals surface area (Å²) in [5.74, 6) is -0.274. The molecule has 0 saturated carbocycles. The summed E-state index contributed by atoms with van der Waals surface area (Å²) in [7, 11) is 0. The van der Waals surface area contributed by atoms with Crippen molar-refractivity contribution in [1.82, 2.24) is 9.80 Å². The highest BCUT2D eigenvalue weighted by Gasteiger charge is 2.41. The zero-order valence-corrected chi connectivity index (χ0v) is 19.3. The van der Waals surface area contributed by atoms with E-state index in [1.54, 1.807) is 11.8 Å². The van der Waals surface area contributed by atoms with Crippen LogP contribution >= 0.6 is 11.8 Å². The molecular weight excluding hydrogens is 410 g/mol. The fraction of sp³-hybridized carbons (Fsp3) is 0.696. The van der Waals surface area contributed by atoms with Crippen LogP contribution in [0, 0.1) is 0 Å². The van der Waals surface area contributed by atoms with Crippen LogP contribution in [-0.4, -0.2) is 84.1 Å². The van der Waals surface area contributed by atoms with Gasteiger partial charge < -0.3 is 14.4 Å². The minimum absolute atomic E-state index is 0.274. The molecule has 31 heavy (non-hydrogen) atoms. The topological polar surface area (TPSA) is 62.0 Å². The number of hydrogen-bond acceptors (Lipinski definition) is 8. The number of aliphatic imine (C=N–C) groups is 3. The number of rotatable bonds is 3. The van der Waals surface area contributed by atoms with Gasteiger partial charge in [0.1, 0.15) is 11.7 Å². The second kappa shape index (κ2) is 9.57. The molecule has 5 aliphatic rings. The maximum Gasteiger partial charge on any atom is 0.170 e. The summed E-state index contributed by atoms with van der Waals surface area (Å²) in [6.07, 6.45) is 12.3. The van der Waals surface area contributed by atoms with Gasteiger partial charge in [-0.2, -0.15) is 0 Å². The Labute approximate surface area is 189 Å². The molecular formula is C23H33N5O2S. The Bertz CT molecular complexity index is 810. The van der Waals surface area contributed by atoms with Crippen LogP contribution in [-0.2, 0) is 9.47 Å². The summed E-state index contributed by atoms with van der Waals surface area (Å²) in [5.41, 5.74) is 2.42. The molecule has 5 rings (SSSR count). The first-order valence-electron chi connectivity index (χ1n) is 11.7. The lowest BCUT2D eigenvalue weighted by atomic mass is 9.97. The van der Waals surface area contributed by atoms with Crippen LogP contribution in [0.1, 0.15) is 45.4 Å². The van der Waals surface area contributed by atoms with Crippen molar-refractivity contribution in [2.45, 2.75) is 57.3 Å². The van der Waals surface area contributed by atoms with Crippen LogP contribution < -0.4 is 0 Å². The second-order valence-corrected chi connectivity index (χ2v) is 9.65. The van der Waals surface area contributed by atoms with E-state index < -0.39 is 0 Å². The predicted octanol–water partition coefficient (Wildman–Crippen LogP) is 3.44. The van der Waals surface area contributed by atoms with E-state index >= 15 is 0 Å². The summed E-state index contributed by atoms with van der Waals surface area (Å²) in [6.45, 7) is 8.53. The molecule has 5 heterocycles. The first-order chi connectivity index (χ1) is 15.3. The van der Waals surface area contributed by atoms with E-state index in [1.165, 1.54) is 18.4 Å². The van der Waals surface area contributed by atoms with Gasteiger partial charge in [0, 0.05) is 69.0 Å². The first kappa shape index (κ1) is 21.4. The molecule has 0 aromatic rings. The maximum atomic E-state index is 5.89. The van der Waals surface area contributed by atoms with Crippen LogP contribution in [0.3, 0.4) is 0 Å². The van der Waals surface area contributed by atoms with Gasteiger partial charge in [0.15, 0.2) is 11.0 Å². The van der Waals surface area contributed by atoms with Crippen molar-refractivity contribution in [1.29, 1.82) is 0 Å². The van der Waals surface area contributed by atoms with Crippen molar-refractivity contribution in [2.75, 3.05) is 46.1 Å². The van der Waals surface area contributed by atoms with Crippen molar-refractivity contribution >= 4 is 28.2 Å². The molecule has 0 radical (unpaired) electrons. The van der Waals surface area contributed by atoms with E-state index in [2.05, 4.69) is 27.8 Å². The third-order valence-electron chi connectivity index (χ3n) is 6.96. The lowest BCUT2D eigenvalue weighted by Gasteiger charge is -2.44. The van der Waals surface area contributed by atoms with Crippen molar-refractivity contribution in [2.24, 2.45) is 15.0 Å². The van der Waals surface area contributed by atoms with Crippen molar-refractivity contribution in [3.05, 3.63) is 23.4 Å². The van der Waals surface area contributed by atoms with E-state index in [9.17, 15) is 0 Å². The number of hydrogen-bond donors (Lipinski definition) is 0. The Morgan fingerprint density at radius 2 is 1.90 bits per heavy atom. The second-order valence-electron chi connectivity index (χ2n) is 8.70. The van der Waals surface area contributed by atoms with E-state index in [0.717, 1.165) is 81.0 Å². The number of nitrogens with zero attached hydrogens (tertiary/aromatic N) is 5. The van der Waals surface area contributed by atoms with Crippen LogP contribution in [0.4, 0.5) is 0 Å². The normalized spacial score (nSPS) is 28.7. The summed E-state index contributed by atoms with van der Waals surface area (Å²) >= 11 is 1.74. The molecule has 0 N–H and O–H groups in total. The SMILES string of the molecule is CC/C(C1=NCN=C(N2CCC(N3CCC4(CC3)OCCO4)CC2)S1)=C1\CC=CC=N1. The number of ether oxygens (including phenoxy) is 2. The Hall–Kier alpha value is -1.48. The molecule has 5 aliphatic heterocycles. The number of piperidine rings is 2. The number of likely N-dealkylation sites (tertiary alicyclic amines) is 2. The minimum atomic E-state index is -0.274. The quantitative estimate of drug-likeness (QED) is 0.669. The molecule has 0 aromatic heterocycles. The Morgan fingerprint density at radius 1 is 1.13 bits per heavy atom. The van der Waals surface area contributed by atoms with Gasteiger partial charge in [0.2, 0.25) is 0 Å². The van der Waals surface area contributed by atoms with Crippen molar-refractivity contribution in [3.8, 4) is 0 Å². The third kappa shape index (κ3) is 4.67. The molecule has 3 saturated heterocycles. The van der Waals surface area contributed by atoms with Crippen LogP contribution in [0.15, 0.2) is 38.4 Å². The van der Waals surface area contributed by atoms with Gasteiger partial charge in [0.05, 0.1) is 13.2 Å². The van der Waals surface area contributed by atoms with E-state index in [0.29, 0.717) is 12.7 Å². The monoisotopic (exact) mass is 443 g/mol. The van der Waals surface area contributed by atoms with E-state index in [1.807, 2.05) is 12.3 Å². The van der Waals surface area contributed by atoms with Gasteiger partial charge >= 0.3 is 0 Å². The molecule has 8 heteroatoms. The molecule has 0 amide bonds. The molecule has 168 valence electrons. The molecule has 3 fully saturated rings. The molecule has 0 aromatic carbocycles. The highest BCUT2D eigenvalue weighted by Crippen LogP contribution is 2.34. The molecule has 0 unspecified atom stereocenters. The molecule has 0 aliphatic carbocycles. The van der Waals surface area contributed by atoms with Crippen LogP contribution in [0.2, 0.25) is 0 Å². The van der Waals surface area contributed by atoms with Gasteiger partial charge in [0.25, 0.3) is 0 Å². The zero-order valence-electron chi connectivity index (χ0n) is 18.5. The van der Waals surface area contributed by atoms with Gasteiger partial charge in [-0.05, 0) is 37.1 Å². The predicted molar refractivity (Wildman–Crippen MR) is 127 cm³/mol. The average molecular weight is 444 g/mol. The molecule has 0 atom stereocenters. The largest absolute Gasteiger partial charge is 0.351 e. The third-order valence-corrected chi connectivity index (χ3v) is 8.10. The summed E-state index contributed by atoms with van der Waals surface area (Å²) in [4.78, 5) is 19.2. The average Bonchev–Trinajstić information content (AvgIpc) is 3.29. The molecule has 7 nitrogen and oxygen atoms in total. The fourth-order valence-electron chi connectivity index (χ4n) is 5.18. The first-order valence-corrected chi connectivity index (χ1v) is 12.5. The highest BCUT2D eigenvalue weighted by molar-refractivity contribution is 8.27. The number of thioether (sulfide) groups is 1. The zero-order chi connectivity index (χ0) is 21.1. The Kier molecular flexibility index (Phi) is 6.59. The molecule has 1 spiro atoms. The van der Waals surface area contributed by atoms with Gasteiger partial charge in [-0.15, -0.1) is 0 Å². The number of dihydropyridines is 1. The maximum absolute atomic E-state index is 5.89. The minimum Gasteiger partial charge on any atom is -0.351 e. The van der Waals surface area contributed by atoms with E-state index in [4.69, 9.17) is 19.5 Å². The van der Waals surface area contributed by atoms with Gasteiger partial charge in [-0.1, -0.05) is 13.0 Å². The van der Waals surface area contributed by atoms with E-state index in [-0.39, 0.29) is 5.79 Å². The fourth-order valence-corrected chi connectivity index (χ4v) is 6.29. The smallest absolute Gasteiger partial charge is 0.170 e. The summed E-state index contributed by atoms with van der Waals surface area (Å²) in [5, 5.41) is 2.24. The highest BCUT2D eigenvalue weighted by atomic mass is 32.2. The Balaban J connectivity index is 1.15. The van der Waals surface area contributed by atoms with Crippen LogP contribution in [0.5, 0.6) is 0 Å². The number of amidine groups is 1. The van der Waals surface area contributed by atoms with Crippen LogP contribution in [0.25, 0.3) is 0 Å². The molecule has 0 bridgehead atoms.